The topological polar surface area (TPSA) is 29.5 Å². The van der Waals surface area contributed by atoms with E-state index in [-0.39, 0.29) is 5.97 Å². The number of hydrogen-bond donors (Lipinski definition) is 0. The number of thioether (sulfide) groups is 1. The van der Waals surface area contributed by atoms with Gasteiger partial charge in [-0.05, 0) is 37.3 Å². The standard InChI is InChI=1S/C14H15Cl2NO2S/c1-19-14(18)10-4-3-7-17(13(10)20-2)12-6-5-9(15)8-11(12)16/h5-6,8H,3-4,7H2,1-2H3. The molecule has 0 aromatic heterocycles. The molecule has 1 aromatic carbocycles. The Labute approximate surface area is 132 Å². The predicted molar refractivity (Wildman–Crippen MR) is 85.6 cm³/mol. The van der Waals surface area contributed by atoms with Crippen LogP contribution in [0.1, 0.15) is 12.8 Å². The number of carbonyl (C=O) groups is 1. The van der Waals surface area contributed by atoms with Crippen molar-refractivity contribution in [2.75, 3.05) is 24.8 Å². The Kier molecular flexibility index (Phi) is 5.24. The molecule has 2 rings (SSSR count). The van der Waals surface area contributed by atoms with Crippen LogP contribution in [0.2, 0.25) is 10.0 Å². The van der Waals surface area contributed by atoms with Crippen LogP contribution in [0.4, 0.5) is 5.69 Å². The summed E-state index contributed by atoms with van der Waals surface area (Å²) in [5.41, 5.74) is 1.57. The fraction of sp³-hybridized carbons (Fsp3) is 0.357. The summed E-state index contributed by atoms with van der Waals surface area (Å²) >= 11 is 13.7. The summed E-state index contributed by atoms with van der Waals surface area (Å²) in [5.74, 6) is -0.274. The Morgan fingerprint density at radius 1 is 1.40 bits per heavy atom. The smallest absolute Gasteiger partial charge is 0.336 e. The summed E-state index contributed by atoms with van der Waals surface area (Å²) < 4.78 is 4.86. The van der Waals surface area contributed by atoms with Gasteiger partial charge in [0.25, 0.3) is 0 Å². The molecule has 3 nitrogen and oxygen atoms in total. The van der Waals surface area contributed by atoms with Crippen LogP contribution in [-0.4, -0.2) is 25.9 Å². The van der Waals surface area contributed by atoms with E-state index in [1.807, 2.05) is 12.3 Å². The summed E-state index contributed by atoms with van der Waals surface area (Å²) in [6.45, 7) is 0.817. The highest BCUT2D eigenvalue weighted by molar-refractivity contribution is 8.02. The first-order chi connectivity index (χ1) is 9.58. The molecule has 0 spiro atoms. The van der Waals surface area contributed by atoms with Crippen LogP contribution in [-0.2, 0) is 9.53 Å². The van der Waals surface area contributed by atoms with Gasteiger partial charge in [0.1, 0.15) is 0 Å². The molecule has 108 valence electrons. The molecule has 0 amide bonds. The Bertz CT molecular complexity index is 560. The second kappa shape index (κ2) is 6.74. The number of esters is 1. The van der Waals surface area contributed by atoms with Crippen LogP contribution >= 0.6 is 35.0 Å². The summed E-state index contributed by atoms with van der Waals surface area (Å²) in [7, 11) is 1.40. The van der Waals surface area contributed by atoms with Gasteiger partial charge in [0.2, 0.25) is 0 Å². The lowest BCUT2D eigenvalue weighted by Gasteiger charge is -2.32. The largest absolute Gasteiger partial charge is 0.466 e. The Hall–Kier alpha value is -0.840. The lowest BCUT2D eigenvalue weighted by molar-refractivity contribution is -0.136. The molecule has 0 fully saturated rings. The number of rotatable bonds is 3. The molecule has 0 unspecified atom stereocenters. The summed E-state index contributed by atoms with van der Waals surface area (Å²) in [6, 6.07) is 5.39. The minimum absolute atomic E-state index is 0.274. The van der Waals surface area contributed by atoms with E-state index in [9.17, 15) is 4.79 Å². The third kappa shape index (κ3) is 3.08. The van der Waals surface area contributed by atoms with Crippen molar-refractivity contribution in [1.82, 2.24) is 0 Å². The lowest BCUT2D eigenvalue weighted by atomic mass is 10.1. The molecule has 1 aromatic rings. The minimum atomic E-state index is -0.274. The first-order valence-electron chi connectivity index (χ1n) is 6.16. The molecular weight excluding hydrogens is 317 g/mol. The number of ether oxygens (including phenoxy) is 1. The number of hydrogen-bond acceptors (Lipinski definition) is 4. The fourth-order valence-corrected chi connectivity index (χ4v) is 3.61. The number of anilines is 1. The average Bonchev–Trinajstić information content (AvgIpc) is 2.45. The molecule has 6 heteroatoms. The third-order valence-electron chi connectivity index (χ3n) is 3.14. The van der Waals surface area contributed by atoms with Crippen LogP contribution < -0.4 is 4.90 Å². The Morgan fingerprint density at radius 2 is 2.15 bits per heavy atom. The van der Waals surface area contributed by atoms with E-state index in [0.29, 0.717) is 15.6 Å². The normalized spacial score (nSPS) is 15.5. The molecule has 1 aliphatic rings. The summed E-state index contributed by atoms with van der Waals surface area (Å²) in [4.78, 5) is 13.9. The Morgan fingerprint density at radius 3 is 2.75 bits per heavy atom. The second-order valence-corrected chi connectivity index (χ2v) is 5.97. The van der Waals surface area contributed by atoms with E-state index < -0.39 is 0 Å². The van der Waals surface area contributed by atoms with Crippen LogP contribution in [0.25, 0.3) is 0 Å². The zero-order valence-corrected chi connectivity index (χ0v) is 13.6. The van der Waals surface area contributed by atoms with Crippen molar-refractivity contribution in [2.24, 2.45) is 0 Å². The first kappa shape index (κ1) is 15.5. The maximum Gasteiger partial charge on any atom is 0.336 e. The molecule has 0 N–H and O–H groups in total. The molecule has 0 bridgehead atoms. The van der Waals surface area contributed by atoms with Gasteiger partial charge in [-0.3, -0.25) is 0 Å². The monoisotopic (exact) mass is 331 g/mol. The van der Waals surface area contributed by atoms with Gasteiger partial charge in [-0.25, -0.2) is 4.79 Å². The number of nitrogens with zero attached hydrogens (tertiary/aromatic N) is 1. The van der Waals surface area contributed by atoms with E-state index in [2.05, 4.69) is 4.90 Å². The van der Waals surface area contributed by atoms with Crippen molar-refractivity contribution < 1.29 is 9.53 Å². The summed E-state index contributed by atoms with van der Waals surface area (Å²) in [6.07, 6.45) is 3.55. The number of carbonyl (C=O) groups excluding carboxylic acids is 1. The van der Waals surface area contributed by atoms with Gasteiger partial charge >= 0.3 is 5.97 Å². The summed E-state index contributed by atoms with van der Waals surface area (Å²) in [5, 5.41) is 2.07. The van der Waals surface area contributed by atoms with Gasteiger partial charge < -0.3 is 9.64 Å². The number of methoxy groups -OCH3 is 1. The zero-order chi connectivity index (χ0) is 14.7. The van der Waals surface area contributed by atoms with Crippen molar-refractivity contribution >= 4 is 46.6 Å². The number of halogens is 2. The molecule has 20 heavy (non-hydrogen) atoms. The van der Waals surface area contributed by atoms with Gasteiger partial charge in [0.05, 0.1) is 28.4 Å². The molecule has 1 aliphatic heterocycles. The predicted octanol–water partition coefficient (Wildman–Crippen LogP) is 4.34. The van der Waals surface area contributed by atoms with Crippen LogP contribution in [0.5, 0.6) is 0 Å². The lowest BCUT2D eigenvalue weighted by Crippen LogP contribution is -2.30. The maximum atomic E-state index is 11.9. The SMILES string of the molecule is COC(=O)C1=C(SC)N(c2ccc(Cl)cc2Cl)CCC1. The second-order valence-electron chi connectivity index (χ2n) is 4.33. The zero-order valence-electron chi connectivity index (χ0n) is 11.3. The van der Waals surface area contributed by atoms with E-state index in [1.165, 1.54) is 18.9 Å². The maximum absolute atomic E-state index is 11.9. The van der Waals surface area contributed by atoms with Crippen molar-refractivity contribution in [3.05, 3.63) is 38.8 Å². The molecular formula is C14H15Cl2NO2S. The van der Waals surface area contributed by atoms with Gasteiger partial charge in [-0.15, -0.1) is 11.8 Å². The minimum Gasteiger partial charge on any atom is -0.466 e. The van der Waals surface area contributed by atoms with Crippen molar-refractivity contribution in [3.63, 3.8) is 0 Å². The molecule has 0 aliphatic carbocycles. The Balaban J connectivity index is 2.47. The molecule has 0 radical (unpaired) electrons. The van der Waals surface area contributed by atoms with Crippen LogP contribution in [0, 0.1) is 0 Å². The van der Waals surface area contributed by atoms with Crippen molar-refractivity contribution in [1.29, 1.82) is 0 Å². The van der Waals surface area contributed by atoms with Gasteiger partial charge in [-0.1, -0.05) is 23.2 Å². The van der Waals surface area contributed by atoms with Gasteiger partial charge in [0.15, 0.2) is 0 Å². The van der Waals surface area contributed by atoms with E-state index >= 15 is 0 Å². The molecule has 1 heterocycles. The molecule has 0 saturated heterocycles. The molecule has 0 atom stereocenters. The number of benzene rings is 1. The van der Waals surface area contributed by atoms with E-state index in [1.54, 1.807) is 12.1 Å². The molecule has 0 saturated carbocycles. The average molecular weight is 332 g/mol. The highest BCUT2D eigenvalue weighted by atomic mass is 35.5. The van der Waals surface area contributed by atoms with Gasteiger partial charge in [0, 0.05) is 11.6 Å². The highest BCUT2D eigenvalue weighted by Crippen LogP contribution is 2.38. The fourth-order valence-electron chi connectivity index (χ4n) is 2.26. The first-order valence-corrected chi connectivity index (χ1v) is 8.14. The van der Waals surface area contributed by atoms with E-state index in [4.69, 9.17) is 27.9 Å². The van der Waals surface area contributed by atoms with Crippen LogP contribution in [0.3, 0.4) is 0 Å². The van der Waals surface area contributed by atoms with Crippen LogP contribution in [0.15, 0.2) is 28.8 Å². The van der Waals surface area contributed by atoms with Crippen molar-refractivity contribution in [3.8, 4) is 0 Å². The van der Waals surface area contributed by atoms with Gasteiger partial charge in [-0.2, -0.15) is 0 Å². The highest BCUT2D eigenvalue weighted by Gasteiger charge is 2.26. The third-order valence-corrected chi connectivity index (χ3v) is 4.53. The quantitative estimate of drug-likeness (QED) is 0.770. The van der Waals surface area contributed by atoms with Crippen molar-refractivity contribution in [2.45, 2.75) is 12.8 Å². The van der Waals surface area contributed by atoms with E-state index in [0.717, 1.165) is 30.1 Å².